The molecule has 0 atom stereocenters. The summed E-state index contributed by atoms with van der Waals surface area (Å²) in [4.78, 5) is 10.6. The molecule has 728 valence electrons. The van der Waals surface area contributed by atoms with Crippen LogP contribution in [0.5, 0.6) is 0 Å². The predicted octanol–water partition coefficient (Wildman–Crippen LogP) is 33.7. The van der Waals surface area contributed by atoms with Crippen LogP contribution >= 0.6 is 0 Å². The van der Waals surface area contributed by atoms with Crippen LogP contribution in [0.25, 0.3) is 178 Å². The summed E-state index contributed by atoms with van der Waals surface area (Å²) in [6.07, 6.45) is 15.2. The van der Waals surface area contributed by atoms with Gasteiger partial charge in [-0.3, -0.25) is 0 Å². The van der Waals surface area contributed by atoms with Gasteiger partial charge in [0.25, 0.3) is 0 Å². The van der Waals surface area contributed by atoms with Crippen molar-refractivity contribution in [2.24, 2.45) is 62.7 Å². The number of furan rings is 4. The average molecular weight is 1900 g/mol. The molecule has 0 aliphatic heterocycles. The molecule has 10 heterocycles. The lowest BCUT2D eigenvalue weighted by atomic mass is 9.62. The quantitative estimate of drug-likeness (QED) is 0.101. The fourth-order valence-corrected chi connectivity index (χ4v) is 27.3. The normalized spacial score (nSPS) is 14.3. The lowest BCUT2D eigenvalue weighted by Crippen LogP contribution is -2.38. The van der Waals surface area contributed by atoms with Crippen LogP contribution in [-0.4, -0.2) is 9.97 Å². The summed E-state index contributed by atoms with van der Waals surface area (Å²) in [6.45, 7) is 54.8. The van der Waals surface area contributed by atoms with Gasteiger partial charge < -0.3 is 17.7 Å². The smallest absolute Gasteiger partial charge is 0.227 e. The lowest BCUT2D eigenvalue weighted by molar-refractivity contribution is -0.660. The number of aryl methyl sites for hydroxylation is 12. The molecule has 0 saturated carbocycles. The van der Waals surface area contributed by atoms with E-state index in [1.54, 1.807) is 0 Å². The first kappa shape index (κ1) is 96.4. The molecule has 0 unspecified atom stereocenters. The standard InChI is InChI=1S/C37H42NO.C35H38NO.C32H33N2O.C30H29N2O/c1-23-14-17-31(38(9)20-23)33-24(2)15-16-26-28-18-27-25-12-10-11-13-29(25)37(21-35(3,4)5,22-36(6,7)8)30(27)19-32(28)39-34(26)33;1-21(2)18-35(19-22(3)4)29-11-9-8-10-25(29)27-16-28-26-14-13-24(6)33(31-15-12-23(5)20-36(31)7)34(26)37-32(28)17-30(27)35;1-18(2)32(19(3)4)26-11-9-8-10-22(26)24-16-25-23-14-13-21(6)28(27-15-12-20(5)17-34(27)7)29(23)35-31(25)33-30(24)32;1-6-30(7-2)24-11-9-8-10-20(24)22-16-23-21-14-13-19(4)26(25-15-12-18(3)17-32(25)5)27(21)33-29(23)31-28(22)30/h10-20H,21-22H2,1-9H3;8-17,20-22H,18-19H2,1-7H3;8-19H,1-7H3;8-17H,6-7H2,1-5H3/q4*+1. The Labute approximate surface area is 851 Å². The van der Waals surface area contributed by atoms with Crippen LogP contribution < -0.4 is 18.3 Å². The fraction of sp³-hybridized carbons (Fsp3) is 0.328. The monoisotopic (exact) mass is 1900 g/mol. The van der Waals surface area contributed by atoms with E-state index in [9.17, 15) is 0 Å². The Balaban J connectivity index is 0.000000113. The van der Waals surface area contributed by atoms with Crippen LogP contribution in [-0.2, 0) is 49.9 Å². The maximum atomic E-state index is 6.87. The number of nitrogens with zero attached hydrogens (tertiary/aromatic N) is 6. The number of aromatic nitrogens is 6. The molecule has 0 saturated heterocycles. The van der Waals surface area contributed by atoms with Gasteiger partial charge in [-0.2, -0.15) is 0 Å². The van der Waals surface area contributed by atoms with E-state index in [-0.39, 0.29) is 32.5 Å². The van der Waals surface area contributed by atoms with Gasteiger partial charge in [0.1, 0.15) is 50.5 Å². The highest BCUT2D eigenvalue weighted by molar-refractivity contribution is 6.15. The van der Waals surface area contributed by atoms with Gasteiger partial charge in [0.05, 0.1) is 33.6 Å². The van der Waals surface area contributed by atoms with E-state index in [1.807, 2.05) is 0 Å². The second-order valence-electron chi connectivity index (χ2n) is 47.0. The fourth-order valence-electron chi connectivity index (χ4n) is 27.3. The van der Waals surface area contributed by atoms with Crippen molar-refractivity contribution in [1.82, 2.24) is 9.97 Å². The third kappa shape index (κ3) is 15.5. The minimum atomic E-state index is -0.138. The lowest BCUT2D eigenvalue weighted by Gasteiger charge is -2.42. The molecule has 10 heteroatoms. The Morgan fingerprint density at radius 2 is 0.576 bits per heavy atom. The molecule has 144 heavy (non-hydrogen) atoms. The van der Waals surface area contributed by atoms with E-state index in [1.165, 1.54) is 172 Å². The van der Waals surface area contributed by atoms with Crippen LogP contribution in [0.3, 0.4) is 0 Å². The Kier molecular flexibility index (Phi) is 23.9. The first-order valence-corrected chi connectivity index (χ1v) is 52.7. The average Bonchev–Trinajstić information content (AvgIpc) is 1.55. The largest absolute Gasteiger partial charge is 0.455 e. The number of pyridine rings is 6. The summed E-state index contributed by atoms with van der Waals surface area (Å²) >= 11 is 0. The number of rotatable bonds is 14. The molecule has 0 spiro atoms. The zero-order chi connectivity index (χ0) is 102. The molecule has 10 nitrogen and oxygen atoms in total. The zero-order valence-corrected chi connectivity index (χ0v) is 90.1. The van der Waals surface area contributed by atoms with Crippen molar-refractivity contribution in [3.8, 4) is 89.5 Å². The SMILES string of the molecule is CCC1(CC)c2ccccc2-c2cc3c(nc21)oc1c(-c2ccc(C)c[n+]2C)c(C)ccc13.Cc1ccc(-c2c(C)ccc3c2oc2cc4c(cc23)-c2ccccc2C4(CC(C)(C)C)CC(C)(C)C)[n+](C)c1.Cc1ccc(-c2c(C)ccc3c2oc2cc4c(cc23)-c2ccccc2C4(CC(C)C)CC(C)C)[n+](C)c1.Cc1ccc(-c2c(C)ccc3c2oc2nc4c(cc23)-c2ccccc2C4(C(C)C)C(C)C)[n+](C)c1. The van der Waals surface area contributed by atoms with Crippen LogP contribution in [0.15, 0.2) is 273 Å². The number of fused-ring (bicyclic) bond motifs is 24. The molecule has 0 bridgehead atoms. The molecule has 0 N–H and O–H groups in total. The minimum Gasteiger partial charge on any atom is -0.455 e. The molecule has 0 amide bonds. The molecule has 4 aliphatic rings. The van der Waals surface area contributed by atoms with Crippen molar-refractivity contribution in [1.29, 1.82) is 0 Å². The first-order valence-electron chi connectivity index (χ1n) is 52.7. The second kappa shape index (κ2) is 35.7. The third-order valence-electron chi connectivity index (χ3n) is 32.8. The Morgan fingerprint density at radius 1 is 0.285 bits per heavy atom. The van der Waals surface area contributed by atoms with E-state index >= 15 is 0 Å². The van der Waals surface area contributed by atoms with Gasteiger partial charge in [0.15, 0.2) is 36.0 Å². The van der Waals surface area contributed by atoms with Crippen LogP contribution in [0.4, 0.5) is 0 Å². The Hall–Kier alpha value is -13.7. The van der Waals surface area contributed by atoms with E-state index < -0.39 is 0 Å². The highest BCUT2D eigenvalue weighted by Gasteiger charge is 2.52. The van der Waals surface area contributed by atoms with Crippen LogP contribution in [0.1, 0.15) is 239 Å². The predicted molar refractivity (Wildman–Crippen MR) is 597 cm³/mol. The summed E-state index contributed by atoms with van der Waals surface area (Å²) in [7, 11) is 8.46. The van der Waals surface area contributed by atoms with Gasteiger partial charge >= 0.3 is 0 Å². The highest BCUT2D eigenvalue weighted by Crippen LogP contribution is 2.63. The van der Waals surface area contributed by atoms with Gasteiger partial charge in [0.2, 0.25) is 34.2 Å². The zero-order valence-electron chi connectivity index (χ0n) is 90.1. The maximum Gasteiger partial charge on any atom is 0.227 e. The third-order valence-corrected chi connectivity index (χ3v) is 32.8. The van der Waals surface area contributed by atoms with Crippen molar-refractivity contribution in [3.63, 3.8) is 0 Å². The maximum absolute atomic E-state index is 6.87. The van der Waals surface area contributed by atoms with Gasteiger partial charge in [-0.25, -0.2) is 28.2 Å². The molecule has 10 aromatic heterocycles. The van der Waals surface area contributed by atoms with Gasteiger partial charge in [0, 0.05) is 122 Å². The summed E-state index contributed by atoms with van der Waals surface area (Å²) in [5.74, 6) is 2.01. The Morgan fingerprint density at radius 3 is 0.917 bits per heavy atom. The molecular weight excluding hydrogens is 1760 g/mol. The van der Waals surface area contributed by atoms with Crippen molar-refractivity contribution in [2.75, 3.05) is 0 Å². The van der Waals surface area contributed by atoms with Crippen molar-refractivity contribution in [2.45, 2.75) is 226 Å². The molecule has 0 radical (unpaired) electrons. The number of benzene rings is 10. The van der Waals surface area contributed by atoms with Crippen LogP contribution in [0.2, 0.25) is 0 Å². The topological polar surface area (TPSA) is 93.9 Å². The number of hydrogen-bond donors (Lipinski definition) is 0. The minimum absolute atomic E-state index is 0.0174. The van der Waals surface area contributed by atoms with Crippen molar-refractivity contribution in [3.05, 3.63) is 345 Å². The molecule has 10 aromatic carbocycles. The van der Waals surface area contributed by atoms with Crippen molar-refractivity contribution < 1.29 is 35.9 Å². The number of hydrogen-bond acceptors (Lipinski definition) is 6. The van der Waals surface area contributed by atoms with Crippen molar-refractivity contribution >= 4 is 88.0 Å². The molecule has 24 rings (SSSR count). The summed E-state index contributed by atoms with van der Waals surface area (Å²) in [5, 5.41) is 9.24. The summed E-state index contributed by atoms with van der Waals surface area (Å²) in [5.41, 5.74) is 48.2. The van der Waals surface area contributed by atoms with Gasteiger partial charge in [-0.05, 0) is 278 Å². The first-order chi connectivity index (χ1) is 68.7. The van der Waals surface area contributed by atoms with Gasteiger partial charge in [-0.1, -0.05) is 256 Å². The van der Waals surface area contributed by atoms with E-state index in [0.717, 1.165) is 133 Å². The summed E-state index contributed by atoms with van der Waals surface area (Å²) in [6, 6.07) is 85.6. The molecule has 20 aromatic rings. The van der Waals surface area contributed by atoms with E-state index in [0.29, 0.717) is 23.7 Å². The highest BCUT2D eigenvalue weighted by atomic mass is 16.3. The molecule has 0 fully saturated rings. The van der Waals surface area contributed by atoms with Gasteiger partial charge in [-0.15, -0.1) is 0 Å². The molecule has 4 aliphatic carbocycles. The Bertz CT molecular complexity index is 8590. The van der Waals surface area contributed by atoms with Crippen LogP contribution in [0, 0.1) is 89.9 Å². The molecular formula is C134H142N6O4+4. The van der Waals surface area contributed by atoms with E-state index in [4.69, 9.17) is 27.6 Å². The summed E-state index contributed by atoms with van der Waals surface area (Å²) < 4.78 is 35.7. The van der Waals surface area contributed by atoms with E-state index in [2.05, 4.69) is 468 Å². The second-order valence-corrected chi connectivity index (χ2v) is 47.0.